The van der Waals surface area contributed by atoms with Gasteiger partial charge in [0.15, 0.2) is 5.78 Å². The lowest BCUT2D eigenvalue weighted by Gasteiger charge is -2.09. The molecule has 0 saturated carbocycles. The number of amides is 1. The van der Waals surface area contributed by atoms with Gasteiger partial charge in [0, 0.05) is 29.7 Å². The summed E-state index contributed by atoms with van der Waals surface area (Å²) in [6.45, 7) is 1.93. The fourth-order valence-corrected chi connectivity index (χ4v) is 2.60. The second kappa shape index (κ2) is 8.81. The summed E-state index contributed by atoms with van der Waals surface area (Å²) in [4.78, 5) is 27.9. The average molecular weight is 375 g/mol. The zero-order valence-corrected chi connectivity index (χ0v) is 15.7. The first-order valence-electron chi connectivity index (χ1n) is 8.80. The number of anilines is 2. The van der Waals surface area contributed by atoms with Gasteiger partial charge in [-0.3, -0.25) is 14.6 Å². The van der Waals surface area contributed by atoms with Crippen molar-refractivity contribution >= 4 is 23.1 Å². The van der Waals surface area contributed by atoms with Gasteiger partial charge < -0.3 is 15.4 Å². The molecule has 3 aromatic rings. The molecule has 28 heavy (non-hydrogen) atoms. The Morgan fingerprint density at radius 2 is 1.68 bits per heavy atom. The van der Waals surface area contributed by atoms with Gasteiger partial charge in [-0.2, -0.15) is 0 Å². The number of aromatic nitrogens is 1. The summed E-state index contributed by atoms with van der Waals surface area (Å²) in [5, 5.41) is 6.06. The minimum atomic E-state index is -0.258. The van der Waals surface area contributed by atoms with E-state index in [-0.39, 0.29) is 11.7 Å². The van der Waals surface area contributed by atoms with E-state index in [1.54, 1.807) is 37.6 Å². The Kier molecular flexibility index (Phi) is 6.01. The molecule has 0 saturated heterocycles. The van der Waals surface area contributed by atoms with Gasteiger partial charge in [0.1, 0.15) is 11.4 Å². The summed E-state index contributed by atoms with van der Waals surface area (Å²) >= 11 is 0. The normalized spacial score (nSPS) is 10.2. The number of carbonyl (C=O) groups is 2. The molecule has 2 aromatic carbocycles. The number of methoxy groups -OCH3 is 1. The number of ketones is 1. The molecule has 1 aromatic heterocycles. The minimum Gasteiger partial charge on any atom is -0.497 e. The number of carbonyl (C=O) groups excluding carboxylic acids is 2. The lowest BCUT2D eigenvalue weighted by molar-refractivity contribution is 0.0945. The predicted molar refractivity (Wildman–Crippen MR) is 108 cm³/mol. The van der Waals surface area contributed by atoms with Crippen LogP contribution in [0.15, 0.2) is 66.9 Å². The third kappa shape index (κ3) is 4.94. The number of hydrogen-bond acceptors (Lipinski definition) is 5. The summed E-state index contributed by atoms with van der Waals surface area (Å²) in [6.07, 6.45) is 1.58. The summed E-state index contributed by atoms with van der Waals surface area (Å²) in [5.41, 5.74) is 3.49. The summed E-state index contributed by atoms with van der Waals surface area (Å²) in [5.74, 6) is 0.532. The first-order chi connectivity index (χ1) is 13.5. The molecule has 2 N–H and O–H groups in total. The Bertz CT molecular complexity index is 967. The fourth-order valence-electron chi connectivity index (χ4n) is 2.60. The molecule has 1 heterocycles. The standard InChI is InChI=1S/C22H21N3O3/c1-15(26)17-5-7-18(8-6-17)25-19-11-12-23-21(13-19)22(27)24-14-16-3-9-20(28-2)10-4-16/h3-13H,14H2,1-2H3,(H,23,25)(H,24,27). The largest absolute Gasteiger partial charge is 0.497 e. The Morgan fingerprint density at radius 3 is 2.32 bits per heavy atom. The highest BCUT2D eigenvalue weighted by molar-refractivity contribution is 5.94. The van der Waals surface area contributed by atoms with Crippen LogP contribution in [-0.4, -0.2) is 23.8 Å². The van der Waals surface area contributed by atoms with Gasteiger partial charge in [-0.1, -0.05) is 12.1 Å². The molecular formula is C22H21N3O3. The van der Waals surface area contributed by atoms with E-state index < -0.39 is 0 Å². The maximum atomic E-state index is 12.4. The SMILES string of the molecule is COc1ccc(CNC(=O)c2cc(Nc3ccc(C(C)=O)cc3)ccn2)cc1. The van der Waals surface area contributed by atoms with Crippen molar-refractivity contribution in [3.63, 3.8) is 0 Å². The first-order valence-corrected chi connectivity index (χ1v) is 8.80. The van der Waals surface area contributed by atoms with Crippen molar-refractivity contribution in [1.29, 1.82) is 0 Å². The Labute approximate surface area is 163 Å². The monoisotopic (exact) mass is 375 g/mol. The van der Waals surface area contributed by atoms with E-state index in [0.717, 1.165) is 22.7 Å². The van der Waals surface area contributed by atoms with Crippen LogP contribution in [0.25, 0.3) is 0 Å². The molecule has 0 spiro atoms. The van der Waals surface area contributed by atoms with Crippen LogP contribution in [0, 0.1) is 0 Å². The van der Waals surface area contributed by atoms with Crippen molar-refractivity contribution < 1.29 is 14.3 Å². The highest BCUT2D eigenvalue weighted by Gasteiger charge is 2.08. The van der Waals surface area contributed by atoms with Crippen molar-refractivity contribution in [2.75, 3.05) is 12.4 Å². The van der Waals surface area contributed by atoms with Crippen LogP contribution in [0.2, 0.25) is 0 Å². The van der Waals surface area contributed by atoms with Gasteiger partial charge in [0.2, 0.25) is 0 Å². The first kappa shape index (κ1) is 19.1. The van der Waals surface area contributed by atoms with Crippen LogP contribution in [0.5, 0.6) is 5.75 Å². The minimum absolute atomic E-state index is 0.0197. The molecule has 0 unspecified atom stereocenters. The third-order valence-corrected chi connectivity index (χ3v) is 4.18. The van der Waals surface area contributed by atoms with Gasteiger partial charge in [0.05, 0.1) is 7.11 Å². The van der Waals surface area contributed by atoms with Gasteiger partial charge in [-0.05, 0) is 61.0 Å². The van der Waals surface area contributed by atoms with Crippen LogP contribution in [0.1, 0.15) is 33.3 Å². The number of ether oxygens (including phenoxy) is 1. The molecule has 0 aliphatic carbocycles. The highest BCUT2D eigenvalue weighted by Crippen LogP contribution is 2.18. The summed E-state index contributed by atoms with van der Waals surface area (Å²) in [7, 11) is 1.61. The van der Waals surface area contributed by atoms with E-state index in [1.807, 2.05) is 36.4 Å². The second-order valence-electron chi connectivity index (χ2n) is 6.22. The molecule has 6 heteroatoms. The van der Waals surface area contributed by atoms with Crippen molar-refractivity contribution in [3.8, 4) is 5.75 Å². The van der Waals surface area contributed by atoms with E-state index in [0.29, 0.717) is 17.8 Å². The lowest BCUT2D eigenvalue weighted by Crippen LogP contribution is -2.23. The molecular weight excluding hydrogens is 354 g/mol. The van der Waals surface area contributed by atoms with E-state index in [1.165, 1.54) is 6.92 Å². The number of hydrogen-bond donors (Lipinski definition) is 2. The maximum Gasteiger partial charge on any atom is 0.270 e. The van der Waals surface area contributed by atoms with Gasteiger partial charge in [-0.25, -0.2) is 0 Å². The van der Waals surface area contributed by atoms with E-state index in [2.05, 4.69) is 15.6 Å². The number of Topliss-reactive ketones (excluding diaryl/α,β-unsaturated/α-hetero) is 1. The summed E-state index contributed by atoms with van der Waals surface area (Å²) < 4.78 is 5.12. The lowest BCUT2D eigenvalue weighted by atomic mass is 10.1. The van der Waals surface area contributed by atoms with Gasteiger partial charge in [-0.15, -0.1) is 0 Å². The molecule has 0 radical (unpaired) electrons. The Hall–Kier alpha value is -3.67. The van der Waals surface area contributed by atoms with Crippen LogP contribution in [0.4, 0.5) is 11.4 Å². The smallest absolute Gasteiger partial charge is 0.270 e. The molecule has 0 bridgehead atoms. The predicted octanol–water partition coefficient (Wildman–Crippen LogP) is 3.97. The van der Waals surface area contributed by atoms with Crippen molar-refractivity contribution in [2.45, 2.75) is 13.5 Å². The van der Waals surface area contributed by atoms with Crippen LogP contribution >= 0.6 is 0 Å². The molecule has 0 aliphatic heterocycles. The number of pyridine rings is 1. The second-order valence-corrected chi connectivity index (χ2v) is 6.22. The van der Waals surface area contributed by atoms with Gasteiger partial charge in [0.25, 0.3) is 5.91 Å². The topological polar surface area (TPSA) is 80.3 Å². The number of benzene rings is 2. The molecule has 0 aliphatic rings. The molecule has 3 rings (SSSR count). The van der Waals surface area contributed by atoms with Crippen LogP contribution in [-0.2, 0) is 6.54 Å². The summed E-state index contributed by atoms with van der Waals surface area (Å²) in [6, 6.07) is 18.1. The Balaban J connectivity index is 1.62. The molecule has 0 atom stereocenters. The quantitative estimate of drug-likeness (QED) is 0.611. The number of nitrogens with zero attached hydrogens (tertiary/aromatic N) is 1. The van der Waals surface area contributed by atoms with Crippen molar-refractivity contribution in [1.82, 2.24) is 10.3 Å². The maximum absolute atomic E-state index is 12.4. The van der Waals surface area contributed by atoms with E-state index >= 15 is 0 Å². The fraction of sp³-hybridized carbons (Fsp3) is 0.136. The van der Waals surface area contributed by atoms with Crippen LogP contribution < -0.4 is 15.4 Å². The van der Waals surface area contributed by atoms with Crippen molar-refractivity contribution in [3.05, 3.63) is 83.7 Å². The third-order valence-electron chi connectivity index (χ3n) is 4.18. The Morgan fingerprint density at radius 1 is 0.964 bits per heavy atom. The molecule has 0 fully saturated rings. The van der Waals surface area contributed by atoms with Crippen LogP contribution in [0.3, 0.4) is 0 Å². The molecule has 1 amide bonds. The highest BCUT2D eigenvalue weighted by atomic mass is 16.5. The zero-order chi connectivity index (χ0) is 19.9. The number of rotatable bonds is 7. The zero-order valence-electron chi connectivity index (χ0n) is 15.7. The molecule has 6 nitrogen and oxygen atoms in total. The van der Waals surface area contributed by atoms with E-state index in [4.69, 9.17) is 4.74 Å². The van der Waals surface area contributed by atoms with Crippen molar-refractivity contribution in [2.24, 2.45) is 0 Å². The van der Waals surface area contributed by atoms with E-state index in [9.17, 15) is 9.59 Å². The van der Waals surface area contributed by atoms with Gasteiger partial charge >= 0.3 is 0 Å². The average Bonchev–Trinajstić information content (AvgIpc) is 2.73. The number of nitrogens with one attached hydrogen (secondary N) is 2. The molecule has 142 valence electrons.